The van der Waals surface area contributed by atoms with E-state index < -0.39 is 5.97 Å². The number of carboxylic acid groups (broad SMARTS) is 1. The van der Waals surface area contributed by atoms with Crippen molar-refractivity contribution in [3.63, 3.8) is 0 Å². The minimum Gasteiger partial charge on any atom is -0.493 e. The van der Waals surface area contributed by atoms with Gasteiger partial charge in [-0.05, 0) is 42.3 Å². The molecule has 0 spiro atoms. The molecule has 0 aliphatic rings. The lowest BCUT2D eigenvalue weighted by atomic mass is 10.1. The molecule has 0 unspecified atom stereocenters. The average molecular weight is 313 g/mol. The third-order valence-corrected chi connectivity index (χ3v) is 3.05. The van der Waals surface area contributed by atoms with Gasteiger partial charge in [0.1, 0.15) is 5.75 Å². The van der Waals surface area contributed by atoms with E-state index in [1.54, 1.807) is 36.4 Å². The van der Waals surface area contributed by atoms with Gasteiger partial charge in [0.15, 0.2) is 0 Å². The lowest BCUT2D eigenvalue weighted by Gasteiger charge is -2.10. The van der Waals surface area contributed by atoms with Crippen LogP contribution in [0.25, 0.3) is 0 Å². The maximum atomic E-state index is 12.3. The molecule has 2 aromatic rings. The van der Waals surface area contributed by atoms with E-state index in [9.17, 15) is 9.59 Å². The first kappa shape index (κ1) is 16.5. The quantitative estimate of drug-likeness (QED) is 0.853. The first-order valence-corrected chi connectivity index (χ1v) is 7.33. The molecule has 5 nitrogen and oxygen atoms in total. The summed E-state index contributed by atoms with van der Waals surface area (Å²) in [6.45, 7) is 4.67. The molecule has 5 heteroatoms. The molecule has 0 saturated carbocycles. The van der Waals surface area contributed by atoms with Crippen molar-refractivity contribution < 1.29 is 19.4 Å². The highest BCUT2D eigenvalue weighted by molar-refractivity contribution is 6.05. The van der Waals surface area contributed by atoms with Crippen molar-refractivity contribution in [2.45, 2.75) is 13.8 Å². The van der Waals surface area contributed by atoms with Crippen molar-refractivity contribution >= 4 is 17.6 Å². The van der Waals surface area contributed by atoms with E-state index in [2.05, 4.69) is 5.32 Å². The summed E-state index contributed by atoms with van der Waals surface area (Å²) in [6, 6.07) is 13.0. The normalized spacial score (nSPS) is 10.4. The van der Waals surface area contributed by atoms with E-state index in [4.69, 9.17) is 9.84 Å². The summed E-state index contributed by atoms with van der Waals surface area (Å²) in [5, 5.41) is 11.7. The van der Waals surface area contributed by atoms with Crippen LogP contribution in [0.5, 0.6) is 5.75 Å². The number of hydrogen-bond donors (Lipinski definition) is 2. The topological polar surface area (TPSA) is 75.6 Å². The Balaban J connectivity index is 2.10. The van der Waals surface area contributed by atoms with Gasteiger partial charge in [-0.25, -0.2) is 4.79 Å². The predicted octanol–water partition coefficient (Wildman–Crippen LogP) is 3.67. The summed E-state index contributed by atoms with van der Waals surface area (Å²) in [6.07, 6.45) is 0. The number of carbonyl (C=O) groups is 2. The number of amides is 1. The summed E-state index contributed by atoms with van der Waals surface area (Å²) in [4.78, 5) is 23.2. The van der Waals surface area contributed by atoms with E-state index in [1.807, 2.05) is 13.8 Å². The first-order valence-electron chi connectivity index (χ1n) is 7.33. The Hall–Kier alpha value is -2.82. The van der Waals surface area contributed by atoms with Crippen LogP contribution in [-0.4, -0.2) is 23.6 Å². The zero-order chi connectivity index (χ0) is 16.8. The Labute approximate surface area is 134 Å². The molecule has 0 aliphatic heterocycles. The molecule has 0 heterocycles. The van der Waals surface area contributed by atoms with Gasteiger partial charge < -0.3 is 15.2 Å². The van der Waals surface area contributed by atoms with Gasteiger partial charge in [0.2, 0.25) is 0 Å². The lowest BCUT2D eigenvalue weighted by molar-refractivity contribution is 0.0696. The van der Waals surface area contributed by atoms with Gasteiger partial charge in [-0.15, -0.1) is 0 Å². The Kier molecular flexibility index (Phi) is 5.36. The van der Waals surface area contributed by atoms with Crippen molar-refractivity contribution in [1.29, 1.82) is 0 Å². The molecule has 120 valence electrons. The van der Waals surface area contributed by atoms with Crippen LogP contribution in [0.3, 0.4) is 0 Å². The zero-order valence-corrected chi connectivity index (χ0v) is 13.1. The van der Waals surface area contributed by atoms with Crippen molar-refractivity contribution in [2.24, 2.45) is 5.92 Å². The molecular formula is C18H19NO4. The Morgan fingerprint density at radius 3 is 2.48 bits per heavy atom. The number of carbonyl (C=O) groups excluding carboxylic acids is 1. The highest BCUT2D eigenvalue weighted by atomic mass is 16.5. The van der Waals surface area contributed by atoms with E-state index in [0.29, 0.717) is 29.5 Å². The number of benzene rings is 2. The van der Waals surface area contributed by atoms with Crippen LogP contribution in [0, 0.1) is 5.92 Å². The fourth-order valence-corrected chi connectivity index (χ4v) is 1.92. The van der Waals surface area contributed by atoms with E-state index in [0.717, 1.165) is 0 Å². The second kappa shape index (κ2) is 7.45. The standard InChI is InChI=1S/C18H19NO4/c1-12(2)11-23-16-8-4-5-13(10-16)17(20)19-15-7-3-6-14(9-15)18(21)22/h3-10,12H,11H2,1-2H3,(H,19,20)(H,21,22). The number of rotatable bonds is 6. The molecule has 0 aliphatic carbocycles. The van der Waals surface area contributed by atoms with Gasteiger partial charge >= 0.3 is 5.97 Å². The number of anilines is 1. The number of ether oxygens (including phenoxy) is 1. The van der Waals surface area contributed by atoms with Gasteiger partial charge in [-0.2, -0.15) is 0 Å². The molecule has 0 atom stereocenters. The fraction of sp³-hybridized carbons (Fsp3) is 0.222. The second-order valence-electron chi connectivity index (χ2n) is 5.57. The van der Waals surface area contributed by atoms with Gasteiger partial charge in [-0.3, -0.25) is 4.79 Å². The summed E-state index contributed by atoms with van der Waals surface area (Å²) in [5.74, 6) is -0.329. The molecule has 23 heavy (non-hydrogen) atoms. The SMILES string of the molecule is CC(C)COc1cccc(C(=O)Nc2cccc(C(=O)O)c2)c1. The van der Waals surface area contributed by atoms with Crippen molar-refractivity contribution in [3.05, 3.63) is 59.7 Å². The highest BCUT2D eigenvalue weighted by Crippen LogP contribution is 2.17. The monoisotopic (exact) mass is 313 g/mol. The Morgan fingerprint density at radius 1 is 1.09 bits per heavy atom. The number of nitrogens with one attached hydrogen (secondary N) is 1. The third kappa shape index (κ3) is 4.85. The summed E-state index contributed by atoms with van der Waals surface area (Å²) >= 11 is 0. The van der Waals surface area contributed by atoms with Gasteiger partial charge in [-0.1, -0.05) is 26.0 Å². The van der Waals surface area contributed by atoms with Crippen LogP contribution in [0.1, 0.15) is 34.6 Å². The molecule has 2 rings (SSSR count). The highest BCUT2D eigenvalue weighted by Gasteiger charge is 2.09. The largest absolute Gasteiger partial charge is 0.493 e. The number of carboxylic acids is 1. The first-order chi connectivity index (χ1) is 11.0. The molecule has 2 N–H and O–H groups in total. The van der Waals surface area contributed by atoms with E-state index in [-0.39, 0.29) is 11.5 Å². The molecule has 0 aromatic heterocycles. The van der Waals surface area contributed by atoms with Crippen LogP contribution in [0.2, 0.25) is 0 Å². The summed E-state index contributed by atoms with van der Waals surface area (Å²) in [7, 11) is 0. The molecule has 0 saturated heterocycles. The van der Waals surface area contributed by atoms with Crippen molar-refractivity contribution in [3.8, 4) is 5.75 Å². The van der Waals surface area contributed by atoms with E-state index >= 15 is 0 Å². The van der Waals surface area contributed by atoms with Crippen LogP contribution in [-0.2, 0) is 0 Å². The van der Waals surface area contributed by atoms with Crippen LogP contribution < -0.4 is 10.1 Å². The number of hydrogen-bond acceptors (Lipinski definition) is 3. The lowest BCUT2D eigenvalue weighted by Crippen LogP contribution is -2.13. The second-order valence-corrected chi connectivity index (χ2v) is 5.57. The Bertz CT molecular complexity index is 710. The Morgan fingerprint density at radius 2 is 1.78 bits per heavy atom. The molecule has 0 fully saturated rings. The van der Waals surface area contributed by atoms with Crippen LogP contribution in [0.4, 0.5) is 5.69 Å². The minimum atomic E-state index is -1.04. The number of aromatic carboxylic acids is 1. The van der Waals surface area contributed by atoms with Crippen molar-refractivity contribution in [1.82, 2.24) is 0 Å². The third-order valence-electron chi connectivity index (χ3n) is 3.05. The predicted molar refractivity (Wildman–Crippen MR) is 88.1 cm³/mol. The maximum Gasteiger partial charge on any atom is 0.335 e. The average Bonchev–Trinajstić information content (AvgIpc) is 2.53. The van der Waals surface area contributed by atoms with Crippen molar-refractivity contribution in [2.75, 3.05) is 11.9 Å². The summed E-state index contributed by atoms with van der Waals surface area (Å²) in [5.41, 5.74) is 1.01. The smallest absolute Gasteiger partial charge is 0.335 e. The fourth-order valence-electron chi connectivity index (χ4n) is 1.92. The molecule has 0 bridgehead atoms. The summed E-state index contributed by atoms with van der Waals surface area (Å²) < 4.78 is 5.60. The minimum absolute atomic E-state index is 0.122. The van der Waals surface area contributed by atoms with Gasteiger partial charge in [0.25, 0.3) is 5.91 Å². The maximum absolute atomic E-state index is 12.3. The van der Waals surface area contributed by atoms with Gasteiger partial charge in [0.05, 0.1) is 12.2 Å². The van der Waals surface area contributed by atoms with Crippen LogP contribution >= 0.6 is 0 Å². The molecule has 1 amide bonds. The van der Waals surface area contributed by atoms with E-state index in [1.165, 1.54) is 12.1 Å². The van der Waals surface area contributed by atoms with Crippen LogP contribution in [0.15, 0.2) is 48.5 Å². The zero-order valence-electron chi connectivity index (χ0n) is 13.1. The van der Waals surface area contributed by atoms with Gasteiger partial charge in [0, 0.05) is 11.3 Å². The molecular weight excluding hydrogens is 294 g/mol. The molecule has 0 radical (unpaired) electrons. The molecule has 2 aromatic carbocycles.